The summed E-state index contributed by atoms with van der Waals surface area (Å²) in [6.45, 7) is 8.22. The van der Waals surface area contributed by atoms with Crippen molar-refractivity contribution in [1.29, 1.82) is 0 Å². The van der Waals surface area contributed by atoms with E-state index in [-0.39, 0.29) is 188 Å². The van der Waals surface area contributed by atoms with Crippen LogP contribution in [-0.4, -0.2) is 400 Å². The van der Waals surface area contributed by atoms with Crippen LogP contribution in [0, 0.1) is 0 Å². The average Bonchev–Trinajstić information content (AvgIpc) is 0.817. The lowest BCUT2D eigenvalue weighted by Gasteiger charge is -2.42. The molecule has 702 valence electrons. The van der Waals surface area contributed by atoms with Gasteiger partial charge in [-0.1, -0.05) is 6.92 Å². The third-order valence-electron chi connectivity index (χ3n) is 18.6. The van der Waals surface area contributed by atoms with Gasteiger partial charge in [0.2, 0.25) is 59.1 Å². The number of carbonyl (C=O) groups is 10. The lowest BCUT2D eigenvalue weighted by molar-refractivity contribution is -0.270. The first-order valence-electron chi connectivity index (χ1n) is 41.9. The number of ether oxygens (including phenoxy) is 15. The molecule has 44 nitrogen and oxygen atoms in total. The fourth-order valence-electron chi connectivity index (χ4n) is 12.2. The zero-order chi connectivity index (χ0) is 88.8. The van der Waals surface area contributed by atoms with Crippen LogP contribution in [0.3, 0.4) is 0 Å². The summed E-state index contributed by atoms with van der Waals surface area (Å²) in [5.41, 5.74) is -1.50. The van der Waals surface area contributed by atoms with Crippen LogP contribution in [0.25, 0.3) is 0 Å². The molecule has 3 rings (SSSR count). The quantitative estimate of drug-likeness (QED) is 0.0252. The van der Waals surface area contributed by atoms with E-state index in [0.29, 0.717) is 111 Å². The van der Waals surface area contributed by atoms with Crippen LogP contribution in [0.2, 0.25) is 0 Å². The van der Waals surface area contributed by atoms with Crippen molar-refractivity contribution in [2.75, 3.05) is 198 Å². The molecule has 0 bridgehead atoms. The van der Waals surface area contributed by atoms with Crippen molar-refractivity contribution in [2.45, 2.75) is 234 Å². The zero-order valence-electron chi connectivity index (χ0n) is 70.6. The highest BCUT2D eigenvalue weighted by Crippen LogP contribution is 2.26. The molecule has 0 aliphatic carbocycles. The Balaban J connectivity index is 1.57. The Hall–Kier alpha value is -6.26. The Labute approximate surface area is 706 Å². The van der Waals surface area contributed by atoms with Gasteiger partial charge in [0, 0.05) is 131 Å². The standard InChI is InChI=1S/C77H140N10O34/c1-5-28-107-36-38-109-40-42-111-44-45-112-43-41-110-39-37-108-32-21-64(100)87-77(49-113-33-18-61(97)81-25-12-22-78-58(94)15-6-9-29-116-74-65(84-52(2)91)71(104)68(101)55(46-88)119-74,50-114-34-19-62(98)82-26-13-23-79-59(95)16-7-10-30-117-75-66(85-53(3)92)72(105)69(102)56(47-89)120-75)51-115-35-20-63(99)83-27-14-24-80-60(96)17-8-11-31-118-76-67(86-54(4)93)73(106)70(103)57(48-90)121-76/h55-57,65-76,88-90,101-106H,5-51H2,1-4H3,(H,78,94)(H,79,95)(H,80,96)(H,81,97)(H,82,98)(H,83,99)(H,84,91)(H,85,92)(H,86,93)(H,87,100)/t55-,56-,57-,65-,66-,67-,68+,69+,70+,71-,72-,73-,74-,75-,76?/m1/s1. The fourth-order valence-corrected chi connectivity index (χ4v) is 12.2. The molecule has 44 heteroatoms. The number of aliphatic hydroxyl groups is 9. The van der Waals surface area contributed by atoms with Gasteiger partial charge in [0.25, 0.3) is 0 Å². The molecule has 3 aliphatic heterocycles. The maximum atomic E-state index is 13.9. The summed E-state index contributed by atoms with van der Waals surface area (Å²) in [6, 6.07) is -3.30. The average molecular weight is 1750 g/mol. The number of aliphatic hydroxyl groups excluding tert-OH is 9. The monoisotopic (exact) mass is 1750 g/mol. The van der Waals surface area contributed by atoms with Crippen molar-refractivity contribution in [3.05, 3.63) is 0 Å². The van der Waals surface area contributed by atoms with Gasteiger partial charge in [-0.15, -0.1) is 0 Å². The Bertz CT molecular complexity index is 2610. The molecule has 3 fully saturated rings. The van der Waals surface area contributed by atoms with E-state index in [1.807, 2.05) is 6.92 Å². The molecule has 0 aromatic rings. The Morgan fingerprint density at radius 1 is 0.289 bits per heavy atom. The van der Waals surface area contributed by atoms with E-state index in [0.717, 1.165) is 6.42 Å². The van der Waals surface area contributed by atoms with Crippen molar-refractivity contribution < 1.29 is 165 Å². The Kier molecular flexibility index (Phi) is 60.4. The number of unbranched alkanes of at least 4 members (excludes halogenated alkanes) is 3. The summed E-state index contributed by atoms with van der Waals surface area (Å²) in [5.74, 6) is -3.98. The molecule has 0 aromatic carbocycles. The lowest BCUT2D eigenvalue weighted by Crippen LogP contribution is -2.64. The number of hydrogen-bond acceptors (Lipinski definition) is 34. The van der Waals surface area contributed by atoms with Crippen molar-refractivity contribution in [3.63, 3.8) is 0 Å². The molecule has 19 N–H and O–H groups in total. The second-order valence-electron chi connectivity index (χ2n) is 29.1. The summed E-state index contributed by atoms with van der Waals surface area (Å²) in [6.07, 6.45) is -11.5. The van der Waals surface area contributed by atoms with Crippen LogP contribution in [0.5, 0.6) is 0 Å². The minimum atomic E-state index is -1.50. The molecule has 3 aliphatic rings. The molecule has 0 radical (unpaired) electrons. The summed E-state index contributed by atoms with van der Waals surface area (Å²) in [4.78, 5) is 126. The summed E-state index contributed by atoms with van der Waals surface area (Å²) < 4.78 is 85.3. The van der Waals surface area contributed by atoms with Crippen LogP contribution < -0.4 is 53.2 Å². The molecule has 121 heavy (non-hydrogen) atoms. The second kappa shape index (κ2) is 67.1. The second-order valence-corrected chi connectivity index (χ2v) is 29.1. The summed E-state index contributed by atoms with van der Waals surface area (Å²) in [5, 5.41) is 118. The minimum Gasteiger partial charge on any atom is -0.394 e. The smallest absolute Gasteiger partial charge is 0.222 e. The van der Waals surface area contributed by atoms with E-state index in [2.05, 4.69) is 53.2 Å². The lowest BCUT2D eigenvalue weighted by atomic mass is 9.97. The number of rotatable bonds is 72. The molecule has 3 saturated heterocycles. The number of amides is 10. The third kappa shape index (κ3) is 49.3. The maximum absolute atomic E-state index is 13.9. The topological polar surface area (TPSA) is 612 Å². The van der Waals surface area contributed by atoms with Gasteiger partial charge >= 0.3 is 0 Å². The fraction of sp³-hybridized carbons (Fsp3) is 0.870. The first-order chi connectivity index (χ1) is 58.3. The molecule has 15 atom stereocenters. The molecule has 0 saturated carbocycles. The highest BCUT2D eigenvalue weighted by atomic mass is 16.7. The molecule has 0 spiro atoms. The number of carbonyl (C=O) groups excluding carboxylic acids is 10. The maximum Gasteiger partial charge on any atom is 0.222 e. The molecular formula is C77H140N10O34. The van der Waals surface area contributed by atoms with Gasteiger partial charge in [-0.2, -0.15) is 0 Å². The summed E-state index contributed by atoms with van der Waals surface area (Å²) >= 11 is 0. The normalized spacial score (nSPS) is 22.9. The molecule has 3 heterocycles. The van der Waals surface area contributed by atoms with Crippen LogP contribution in [-0.2, 0) is 119 Å². The molecule has 1 unspecified atom stereocenters. The number of nitrogens with one attached hydrogen (secondary N) is 10. The van der Waals surface area contributed by atoms with Gasteiger partial charge in [0.05, 0.1) is 132 Å². The van der Waals surface area contributed by atoms with Crippen LogP contribution in [0.1, 0.15) is 137 Å². The minimum absolute atomic E-state index is 0.0365. The van der Waals surface area contributed by atoms with Crippen molar-refractivity contribution in [3.8, 4) is 0 Å². The predicted molar refractivity (Wildman–Crippen MR) is 424 cm³/mol. The zero-order valence-corrected chi connectivity index (χ0v) is 70.6. The van der Waals surface area contributed by atoms with Crippen LogP contribution in [0.15, 0.2) is 0 Å². The highest BCUT2D eigenvalue weighted by Gasteiger charge is 2.48. The van der Waals surface area contributed by atoms with Gasteiger partial charge in [0.1, 0.15) is 78.6 Å². The van der Waals surface area contributed by atoms with E-state index in [1.165, 1.54) is 20.8 Å². The Morgan fingerprint density at radius 2 is 0.529 bits per heavy atom. The predicted octanol–water partition coefficient (Wildman–Crippen LogP) is -6.78. The molecular weight excluding hydrogens is 1610 g/mol. The largest absolute Gasteiger partial charge is 0.394 e. The van der Waals surface area contributed by atoms with Gasteiger partial charge < -0.3 is 170 Å². The third-order valence-corrected chi connectivity index (χ3v) is 18.6. The highest BCUT2D eigenvalue weighted by molar-refractivity contribution is 5.79. The first kappa shape index (κ1) is 109. The van der Waals surface area contributed by atoms with E-state index >= 15 is 0 Å². The Morgan fingerprint density at radius 3 is 0.785 bits per heavy atom. The van der Waals surface area contributed by atoms with Gasteiger partial charge in [-0.25, -0.2) is 0 Å². The van der Waals surface area contributed by atoms with Crippen molar-refractivity contribution >= 4 is 59.1 Å². The van der Waals surface area contributed by atoms with E-state index < -0.39 is 159 Å². The van der Waals surface area contributed by atoms with Crippen molar-refractivity contribution in [1.82, 2.24) is 53.2 Å². The van der Waals surface area contributed by atoms with Crippen molar-refractivity contribution in [2.24, 2.45) is 0 Å². The van der Waals surface area contributed by atoms with E-state index in [1.54, 1.807) is 0 Å². The van der Waals surface area contributed by atoms with Crippen LogP contribution >= 0.6 is 0 Å². The number of hydrogen-bond donors (Lipinski definition) is 19. The molecule has 10 amide bonds. The summed E-state index contributed by atoms with van der Waals surface area (Å²) in [7, 11) is 0. The van der Waals surface area contributed by atoms with E-state index in [9.17, 15) is 93.9 Å². The van der Waals surface area contributed by atoms with E-state index in [4.69, 9.17) is 71.1 Å². The SMILES string of the molecule is CCCOCCOCCOCCOCCOCCOCCC(=O)NC(COCCC(=O)NCCCNC(=O)CCCCOC1O[C@H](CO)[C@H](O)[C@H](O)[C@H]1NC(C)=O)(COCCC(=O)NCCCNC(=O)CCCCO[C@@H]1O[C@H](CO)[C@H](O)[C@H](O)[C@H]1NC(C)=O)COCCC(=O)NCCCNC(=O)CCCCO[C@@H]1O[C@H](CO)[C@H](O)[C@H](O)[C@H]1NC(C)=O. The van der Waals surface area contributed by atoms with Crippen LogP contribution in [0.4, 0.5) is 0 Å². The van der Waals surface area contributed by atoms with Gasteiger partial charge in [0.15, 0.2) is 18.9 Å². The molecule has 0 aromatic heterocycles. The van der Waals surface area contributed by atoms with Gasteiger partial charge in [-0.3, -0.25) is 47.9 Å². The first-order valence-corrected chi connectivity index (χ1v) is 41.9. The van der Waals surface area contributed by atoms with Gasteiger partial charge in [-0.05, 0) is 64.2 Å².